The maximum Gasteiger partial charge on any atom is 0.248 e. The highest BCUT2D eigenvalue weighted by molar-refractivity contribution is 8.00. The number of carbonyl (C=O) groups excluding carboxylic acids is 2. The van der Waals surface area contributed by atoms with E-state index in [2.05, 4.69) is 15.5 Å². The van der Waals surface area contributed by atoms with Crippen LogP contribution in [-0.4, -0.2) is 31.8 Å². The first-order chi connectivity index (χ1) is 13.0. The van der Waals surface area contributed by atoms with Gasteiger partial charge in [-0.2, -0.15) is 0 Å². The van der Waals surface area contributed by atoms with E-state index >= 15 is 0 Å². The summed E-state index contributed by atoms with van der Waals surface area (Å²) in [6.07, 6.45) is 1.64. The minimum atomic E-state index is -0.507. The van der Waals surface area contributed by atoms with E-state index in [-0.39, 0.29) is 5.91 Å². The molecule has 0 radical (unpaired) electrons. The Labute approximate surface area is 161 Å². The first-order valence-corrected chi connectivity index (χ1v) is 9.17. The van der Waals surface area contributed by atoms with Gasteiger partial charge in [-0.1, -0.05) is 30.0 Å². The molecule has 2 amide bonds. The van der Waals surface area contributed by atoms with Crippen molar-refractivity contribution in [2.24, 2.45) is 5.73 Å². The van der Waals surface area contributed by atoms with Crippen molar-refractivity contribution in [2.45, 2.75) is 24.3 Å². The third-order valence-corrected chi connectivity index (χ3v) is 5.04. The molecule has 0 aliphatic carbocycles. The standard InChI is InChI=1S/C19H19N5O2S/c1-12-5-3-4-6-16(12)24-11-21-23-19(24)27-13(2)18(26)22-15-9-7-14(8-10-15)17(20)25/h3-11,13H,1-2H3,(H2,20,25)(H,22,26)/t13-/m0/s1. The molecule has 3 aromatic rings. The highest BCUT2D eigenvalue weighted by Gasteiger charge is 2.19. The first-order valence-electron chi connectivity index (χ1n) is 8.29. The fourth-order valence-electron chi connectivity index (χ4n) is 2.48. The number of para-hydroxylation sites is 1. The van der Waals surface area contributed by atoms with Crippen LogP contribution in [0.3, 0.4) is 0 Å². The maximum absolute atomic E-state index is 12.5. The lowest BCUT2D eigenvalue weighted by atomic mass is 10.2. The summed E-state index contributed by atoms with van der Waals surface area (Å²) in [5.74, 6) is -0.682. The van der Waals surface area contributed by atoms with E-state index in [1.165, 1.54) is 11.8 Å². The number of amides is 2. The Morgan fingerprint density at radius 3 is 2.52 bits per heavy atom. The summed E-state index contributed by atoms with van der Waals surface area (Å²) in [6, 6.07) is 14.3. The number of rotatable bonds is 6. The van der Waals surface area contributed by atoms with Gasteiger partial charge < -0.3 is 11.1 Å². The van der Waals surface area contributed by atoms with Crippen molar-refractivity contribution < 1.29 is 9.59 Å². The van der Waals surface area contributed by atoms with E-state index in [1.807, 2.05) is 35.8 Å². The molecule has 1 atom stereocenters. The topological polar surface area (TPSA) is 103 Å². The van der Waals surface area contributed by atoms with Crippen molar-refractivity contribution in [1.82, 2.24) is 14.8 Å². The molecule has 138 valence electrons. The van der Waals surface area contributed by atoms with Crippen LogP contribution in [0.2, 0.25) is 0 Å². The highest BCUT2D eigenvalue weighted by atomic mass is 32.2. The zero-order chi connectivity index (χ0) is 19.4. The van der Waals surface area contributed by atoms with Crippen molar-refractivity contribution in [3.05, 3.63) is 66.0 Å². The lowest BCUT2D eigenvalue weighted by Gasteiger charge is -2.13. The van der Waals surface area contributed by atoms with Gasteiger partial charge in [-0.15, -0.1) is 10.2 Å². The Morgan fingerprint density at radius 1 is 1.15 bits per heavy atom. The smallest absolute Gasteiger partial charge is 0.248 e. The minimum Gasteiger partial charge on any atom is -0.366 e. The molecule has 1 heterocycles. The van der Waals surface area contributed by atoms with Gasteiger partial charge in [0.15, 0.2) is 5.16 Å². The highest BCUT2D eigenvalue weighted by Crippen LogP contribution is 2.26. The van der Waals surface area contributed by atoms with Crippen LogP contribution in [0.15, 0.2) is 60.0 Å². The maximum atomic E-state index is 12.5. The summed E-state index contributed by atoms with van der Waals surface area (Å²) in [5, 5.41) is 11.2. The summed E-state index contributed by atoms with van der Waals surface area (Å²) in [7, 11) is 0. The van der Waals surface area contributed by atoms with Crippen molar-refractivity contribution in [3.63, 3.8) is 0 Å². The van der Waals surface area contributed by atoms with E-state index in [0.717, 1.165) is 11.3 Å². The molecular formula is C19H19N5O2S. The normalized spacial score (nSPS) is 11.8. The predicted molar refractivity (Wildman–Crippen MR) is 105 cm³/mol. The number of hydrogen-bond acceptors (Lipinski definition) is 5. The van der Waals surface area contributed by atoms with Gasteiger partial charge in [0.25, 0.3) is 0 Å². The molecule has 2 aromatic carbocycles. The van der Waals surface area contributed by atoms with Gasteiger partial charge in [-0.25, -0.2) is 0 Å². The molecule has 0 aliphatic heterocycles. The van der Waals surface area contributed by atoms with Gasteiger partial charge in [-0.3, -0.25) is 14.2 Å². The van der Waals surface area contributed by atoms with E-state index in [0.29, 0.717) is 16.4 Å². The van der Waals surface area contributed by atoms with E-state index in [4.69, 9.17) is 5.73 Å². The second-order valence-electron chi connectivity index (χ2n) is 5.96. The Kier molecular flexibility index (Phi) is 5.56. The number of nitrogens with two attached hydrogens (primary N) is 1. The fourth-order valence-corrected chi connectivity index (χ4v) is 3.31. The molecule has 0 saturated carbocycles. The molecule has 3 N–H and O–H groups in total. The van der Waals surface area contributed by atoms with Crippen molar-refractivity contribution in [2.75, 3.05) is 5.32 Å². The quantitative estimate of drug-likeness (QED) is 0.639. The number of thioether (sulfide) groups is 1. The van der Waals surface area contributed by atoms with Crippen molar-refractivity contribution >= 4 is 29.3 Å². The summed E-state index contributed by atoms with van der Waals surface area (Å²) in [5.41, 5.74) is 8.26. The summed E-state index contributed by atoms with van der Waals surface area (Å²) in [6.45, 7) is 3.81. The van der Waals surface area contributed by atoms with Crippen LogP contribution in [0.5, 0.6) is 0 Å². The second kappa shape index (κ2) is 8.05. The zero-order valence-corrected chi connectivity index (χ0v) is 15.7. The number of aromatic nitrogens is 3. The number of benzene rings is 2. The zero-order valence-electron chi connectivity index (χ0n) is 14.9. The van der Waals surface area contributed by atoms with Gasteiger partial charge in [0, 0.05) is 11.3 Å². The van der Waals surface area contributed by atoms with E-state index in [1.54, 1.807) is 37.5 Å². The largest absolute Gasteiger partial charge is 0.366 e. The van der Waals surface area contributed by atoms with Crippen LogP contribution in [0.1, 0.15) is 22.8 Å². The van der Waals surface area contributed by atoms with Gasteiger partial charge in [0.2, 0.25) is 11.8 Å². The molecule has 7 nitrogen and oxygen atoms in total. The Bertz CT molecular complexity index is 968. The number of hydrogen-bond donors (Lipinski definition) is 2. The second-order valence-corrected chi connectivity index (χ2v) is 7.27. The molecule has 8 heteroatoms. The third kappa shape index (κ3) is 4.35. The molecule has 0 saturated heterocycles. The van der Waals surface area contributed by atoms with Crippen LogP contribution < -0.4 is 11.1 Å². The van der Waals surface area contributed by atoms with Crippen LogP contribution >= 0.6 is 11.8 Å². The van der Waals surface area contributed by atoms with Crippen LogP contribution in [-0.2, 0) is 4.79 Å². The molecule has 1 aromatic heterocycles. The van der Waals surface area contributed by atoms with Crippen LogP contribution in [0, 0.1) is 6.92 Å². The Morgan fingerprint density at radius 2 is 1.85 bits per heavy atom. The van der Waals surface area contributed by atoms with E-state index < -0.39 is 11.2 Å². The SMILES string of the molecule is Cc1ccccc1-n1cnnc1S[C@@H](C)C(=O)Nc1ccc(C(N)=O)cc1. The predicted octanol–water partition coefficient (Wildman–Crippen LogP) is 2.79. The molecular weight excluding hydrogens is 362 g/mol. The Balaban J connectivity index is 1.70. The average Bonchev–Trinajstić information content (AvgIpc) is 3.10. The average molecular weight is 381 g/mol. The number of nitrogens with one attached hydrogen (secondary N) is 1. The summed E-state index contributed by atoms with van der Waals surface area (Å²) >= 11 is 1.32. The monoisotopic (exact) mass is 381 g/mol. The number of aryl methyl sites for hydroxylation is 1. The lowest BCUT2D eigenvalue weighted by molar-refractivity contribution is -0.115. The first kappa shape index (κ1) is 18.7. The number of anilines is 1. The van der Waals surface area contributed by atoms with Crippen LogP contribution in [0.25, 0.3) is 5.69 Å². The summed E-state index contributed by atoms with van der Waals surface area (Å²) in [4.78, 5) is 23.6. The van der Waals surface area contributed by atoms with Gasteiger partial charge >= 0.3 is 0 Å². The van der Waals surface area contributed by atoms with Crippen LogP contribution in [0.4, 0.5) is 5.69 Å². The molecule has 0 spiro atoms. The lowest BCUT2D eigenvalue weighted by Crippen LogP contribution is -2.23. The van der Waals surface area contributed by atoms with Crippen molar-refractivity contribution in [3.8, 4) is 5.69 Å². The minimum absolute atomic E-state index is 0.175. The molecule has 0 fully saturated rings. The van der Waals surface area contributed by atoms with Crippen molar-refractivity contribution in [1.29, 1.82) is 0 Å². The fraction of sp³-hybridized carbons (Fsp3) is 0.158. The molecule has 27 heavy (non-hydrogen) atoms. The molecule has 0 unspecified atom stereocenters. The van der Waals surface area contributed by atoms with Gasteiger partial charge in [0.1, 0.15) is 6.33 Å². The number of primary amides is 1. The summed E-state index contributed by atoms with van der Waals surface area (Å²) < 4.78 is 1.87. The molecule has 0 bridgehead atoms. The molecule has 3 rings (SSSR count). The van der Waals surface area contributed by atoms with E-state index in [9.17, 15) is 9.59 Å². The van der Waals surface area contributed by atoms with Gasteiger partial charge in [0.05, 0.1) is 10.9 Å². The number of carbonyl (C=O) groups is 2. The Hall–Kier alpha value is -3.13. The van der Waals surface area contributed by atoms with Gasteiger partial charge in [-0.05, 0) is 49.7 Å². The number of nitrogens with zero attached hydrogens (tertiary/aromatic N) is 3. The third-order valence-electron chi connectivity index (χ3n) is 3.98. The molecule has 0 aliphatic rings.